The monoisotopic (exact) mass is 308 g/mol. The van der Waals surface area contributed by atoms with Crippen LogP contribution in [0.25, 0.3) is 0 Å². The Morgan fingerprint density at radius 2 is 2.09 bits per heavy atom. The highest BCUT2D eigenvalue weighted by Gasteiger charge is 2.45. The van der Waals surface area contributed by atoms with Gasteiger partial charge in [0.1, 0.15) is 12.0 Å². The van der Waals surface area contributed by atoms with Crippen LogP contribution >= 0.6 is 0 Å². The Balaban J connectivity index is 1.94. The van der Waals surface area contributed by atoms with E-state index in [1.165, 1.54) is 0 Å². The number of carbonyl (C=O) groups excluding carboxylic acids is 1. The molecule has 0 aromatic rings. The van der Waals surface area contributed by atoms with Crippen LogP contribution in [0.15, 0.2) is 16.5 Å². The fourth-order valence-corrected chi connectivity index (χ4v) is 3.42. The number of Topliss-reactive ketones (excluding diaryl/α,β-unsaturated/α-hetero) is 1. The Labute approximate surface area is 128 Å². The molecule has 7 nitrogen and oxygen atoms in total. The number of aliphatic hydroxyl groups is 1. The van der Waals surface area contributed by atoms with E-state index >= 15 is 0 Å². The lowest BCUT2D eigenvalue weighted by Crippen LogP contribution is -2.48. The van der Waals surface area contributed by atoms with Gasteiger partial charge in [-0.25, -0.2) is 0 Å². The van der Waals surface area contributed by atoms with Gasteiger partial charge in [-0.2, -0.15) is 0 Å². The molecule has 1 heterocycles. The summed E-state index contributed by atoms with van der Waals surface area (Å²) in [6.45, 7) is 0. The number of rotatable bonds is 2. The van der Waals surface area contributed by atoms with Crippen molar-refractivity contribution in [3.05, 3.63) is 11.5 Å². The summed E-state index contributed by atoms with van der Waals surface area (Å²) in [4.78, 5) is 29.8. The second kappa shape index (κ2) is 5.39. The molecule has 3 rings (SSSR count). The molecule has 0 amide bonds. The van der Waals surface area contributed by atoms with Crippen LogP contribution < -0.4 is 0 Å². The number of nitrogens with zero attached hydrogens (tertiary/aromatic N) is 2. The van der Waals surface area contributed by atoms with Crippen molar-refractivity contribution in [2.75, 3.05) is 14.1 Å². The number of allylic oxidation sites excluding steroid dienone is 2. The second-order valence-electron chi connectivity index (χ2n) is 6.36. The number of aliphatic imine (C=N–C) groups is 1. The van der Waals surface area contributed by atoms with Gasteiger partial charge in [-0.05, 0) is 26.9 Å². The maximum atomic E-state index is 11.8. The maximum absolute atomic E-state index is 11.8. The largest absolute Gasteiger partial charge is 0.502 e. The lowest BCUT2D eigenvalue weighted by atomic mass is 9.83. The average molecular weight is 308 g/mol. The van der Waals surface area contributed by atoms with Crippen molar-refractivity contribution in [1.82, 2.24) is 4.90 Å². The first kappa shape index (κ1) is 15.0. The molecule has 0 radical (unpaired) electrons. The molecular formula is C15H20N2O5. The normalized spacial score (nSPS) is 34.7. The standard InChI is InChI=1S/C15H20N2O5/c1-17(2)7-3-4-9-11(5-7)22-14-12(16-9)8(15(20)21)6-10(18)13(14)19/h7-9,11,19H,3-6H2,1-2H3,(H,20,21). The number of carbonyl (C=O) groups is 2. The first-order valence-corrected chi connectivity index (χ1v) is 7.49. The molecule has 1 saturated carbocycles. The topological polar surface area (TPSA) is 99.4 Å². The summed E-state index contributed by atoms with van der Waals surface area (Å²) in [5.41, 5.74) is 0.217. The Morgan fingerprint density at radius 3 is 2.73 bits per heavy atom. The molecule has 7 heteroatoms. The number of hydrogen-bond acceptors (Lipinski definition) is 6. The minimum Gasteiger partial charge on any atom is -0.502 e. The van der Waals surface area contributed by atoms with Crippen molar-refractivity contribution >= 4 is 17.5 Å². The molecule has 120 valence electrons. The van der Waals surface area contributed by atoms with Gasteiger partial charge in [0.25, 0.3) is 0 Å². The van der Waals surface area contributed by atoms with E-state index in [-0.39, 0.29) is 30.0 Å². The van der Waals surface area contributed by atoms with Gasteiger partial charge in [0.2, 0.25) is 11.5 Å². The highest BCUT2D eigenvalue weighted by molar-refractivity contribution is 6.19. The van der Waals surface area contributed by atoms with Gasteiger partial charge in [-0.3, -0.25) is 14.6 Å². The van der Waals surface area contributed by atoms with Gasteiger partial charge in [0.05, 0.1) is 11.8 Å². The number of carboxylic acids is 1. The van der Waals surface area contributed by atoms with Crippen LogP contribution in [0.3, 0.4) is 0 Å². The minimum absolute atomic E-state index is 0.0238. The lowest BCUT2D eigenvalue weighted by molar-refractivity contribution is -0.141. The zero-order chi connectivity index (χ0) is 16.0. The molecule has 0 aromatic carbocycles. The van der Waals surface area contributed by atoms with E-state index in [1.807, 2.05) is 14.1 Å². The van der Waals surface area contributed by atoms with Gasteiger partial charge in [0.15, 0.2) is 5.76 Å². The van der Waals surface area contributed by atoms with Crippen LogP contribution in [0.5, 0.6) is 0 Å². The molecule has 0 spiro atoms. The quantitative estimate of drug-likeness (QED) is 0.781. The third-order valence-electron chi connectivity index (χ3n) is 4.76. The summed E-state index contributed by atoms with van der Waals surface area (Å²) >= 11 is 0. The van der Waals surface area contributed by atoms with Crippen LogP contribution in [-0.2, 0) is 14.3 Å². The third-order valence-corrected chi connectivity index (χ3v) is 4.76. The van der Waals surface area contributed by atoms with Crippen molar-refractivity contribution < 1.29 is 24.5 Å². The molecule has 2 N–H and O–H groups in total. The summed E-state index contributed by atoms with van der Waals surface area (Å²) in [5.74, 6) is -3.24. The number of hydrogen-bond donors (Lipinski definition) is 2. The van der Waals surface area contributed by atoms with Gasteiger partial charge >= 0.3 is 5.97 Å². The molecule has 1 aliphatic heterocycles. The molecule has 0 aromatic heterocycles. The molecule has 4 atom stereocenters. The SMILES string of the molecule is CN(C)C1CCC2N=C3C(=C(O)C(=O)CC3C(=O)O)OC2C1. The summed E-state index contributed by atoms with van der Waals surface area (Å²) < 4.78 is 5.83. The summed E-state index contributed by atoms with van der Waals surface area (Å²) in [7, 11) is 4.01. The minimum atomic E-state index is -1.11. The fourth-order valence-electron chi connectivity index (χ4n) is 3.42. The van der Waals surface area contributed by atoms with Crippen molar-refractivity contribution in [3.8, 4) is 0 Å². The molecule has 0 saturated heterocycles. The van der Waals surface area contributed by atoms with Crippen molar-refractivity contribution in [3.63, 3.8) is 0 Å². The van der Waals surface area contributed by atoms with Crippen LogP contribution in [0, 0.1) is 5.92 Å². The number of ether oxygens (including phenoxy) is 1. The first-order valence-electron chi connectivity index (χ1n) is 7.49. The first-order chi connectivity index (χ1) is 10.4. The molecule has 3 aliphatic rings. The number of aliphatic carboxylic acids is 1. The number of ketones is 1. The molecule has 1 fully saturated rings. The Bertz CT molecular complexity index is 580. The molecular weight excluding hydrogens is 288 g/mol. The van der Waals surface area contributed by atoms with E-state index in [4.69, 9.17) is 4.74 Å². The molecule has 2 aliphatic carbocycles. The van der Waals surface area contributed by atoms with Crippen molar-refractivity contribution in [2.24, 2.45) is 10.9 Å². The van der Waals surface area contributed by atoms with E-state index in [2.05, 4.69) is 9.89 Å². The van der Waals surface area contributed by atoms with E-state index < -0.39 is 23.4 Å². The van der Waals surface area contributed by atoms with Crippen LogP contribution in [0.1, 0.15) is 25.7 Å². The molecule has 4 unspecified atom stereocenters. The summed E-state index contributed by atoms with van der Waals surface area (Å²) in [5, 5.41) is 19.3. The zero-order valence-electron chi connectivity index (χ0n) is 12.7. The third kappa shape index (κ3) is 2.39. The van der Waals surface area contributed by atoms with Crippen molar-refractivity contribution in [1.29, 1.82) is 0 Å². The van der Waals surface area contributed by atoms with Crippen LogP contribution in [0.2, 0.25) is 0 Å². The predicted molar refractivity (Wildman–Crippen MR) is 77.8 cm³/mol. The number of carboxylic acid groups (broad SMARTS) is 1. The fraction of sp³-hybridized carbons (Fsp3) is 0.667. The predicted octanol–water partition coefficient (Wildman–Crippen LogP) is 0.752. The van der Waals surface area contributed by atoms with Gasteiger partial charge < -0.3 is 19.8 Å². The van der Waals surface area contributed by atoms with E-state index in [9.17, 15) is 19.8 Å². The van der Waals surface area contributed by atoms with E-state index in [0.717, 1.165) is 19.3 Å². The van der Waals surface area contributed by atoms with Crippen LogP contribution in [0.4, 0.5) is 0 Å². The Kier molecular flexibility index (Phi) is 3.68. The Morgan fingerprint density at radius 1 is 1.36 bits per heavy atom. The highest BCUT2D eigenvalue weighted by Crippen LogP contribution is 2.36. The van der Waals surface area contributed by atoms with E-state index in [1.54, 1.807) is 0 Å². The number of aliphatic hydroxyl groups excluding tert-OH is 1. The summed E-state index contributed by atoms with van der Waals surface area (Å²) in [6.07, 6.45) is 2.05. The molecule has 0 bridgehead atoms. The van der Waals surface area contributed by atoms with Crippen LogP contribution in [-0.4, -0.2) is 64.9 Å². The zero-order valence-corrected chi connectivity index (χ0v) is 12.7. The van der Waals surface area contributed by atoms with Gasteiger partial charge in [0, 0.05) is 18.9 Å². The van der Waals surface area contributed by atoms with Gasteiger partial charge in [-0.15, -0.1) is 0 Å². The van der Waals surface area contributed by atoms with Gasteiger partial charge in [-0.1, -0.05) is 0 Å². The Hall–Kier alpha value is -1.89. The smallest absolute Gasteiger partial charge is 0.313 e. The average Bonchev–Trinajstić information content (AvgIpc) is 2.48. The highest BCUT2D eigenvalue weighted by atomic mass is 16.5. The number of fused-ring (bicyclic) bond motifs is 2. The maximum Gasteiger partial charge on any atom is 0.313 e. The lowest BCUT2D eigenvalue weighted by Gasteiger charge is -2.41. The van der Waals surface area contributed by atoms with E-state index in [0.29, 0.717) is 6.04 Å². The summed E-state index contributed by atoms with van der Waals surface area (Å²) in [6, 6.07) is 0.258. The van der Waals surface area contributed by atoms with Crippen molar-refractivity contribution in [2.45, 2.75) is 43.9 Å². The molecule has 22 heavy (non-hydrogen) atoms. The second-order valence-corrected chi connectivity index (χ2v) is 6.36.